The Kier molecular flexibility index (Phi) is 6.16. The van der Waals surface area contributed by atoms with Gasteiger partial charge in [-0.25, -0.2) is 9.97 Å². The maximum Gasteiger partial charge on any atom is 0.137 e. The van der Waals surface area contributed by atoms with Gasteiger partial charge >= 0.3 is 0 Å². The van der Waals surface area contributed by atoms with Crippen LogP contribution in [0.15, 0.2) is 24.5 Å². The van der Waals surface area contributed by atoms with Crippen molar-refractivity contribution in [1.82, 2.24) is 14.9 Å². The van der Waals surface area contributed by atoms with Crippen molar-refractivity contribution in [3.63, 3.8) is 0 Å². The number of hydrogen-bond donors (Lipinski definition) is 2. The summed E-state index contributed by atoms with van der Waals surface area (Å²) in [6, 6.07) is 7.75. The van der Waals surface area contributed by atoms with Gasteiger partial charge < -0.3 is 15.2 Å². The van der Waals surface area contributed by atoms with Crippen molar-refractivity contribution in [1.29, 1.82) is 0 Å². The van der Waals surface area contributed by atoms with Gasteiger partial charge in [-0.2, -0.15) is 0 Å². The molecule has 30 heavy (non-hydrogen) atoms. The summed E-state index contributed by atoms with van der Waals surface area (Å²) in [6.07, 6.45) is 10.4. The summed E-state index contributed by atoms with van der Waals surface area (Å²) in [5.41, 5.74) is 2.31. The molecule has 162 valence electrons. The van der Waals surface area contributed by atoms with E-state index in [9.17, 15) is 5.11 Å². The largest absolute Gasteiger partial charge is 0.393 e. The van der Waals surface area contributed by atoms with Gasteiger partial charge in [0.05, 0.1) is 24.8 Å². The number of nitrogens with zero attached hydrogens (tertiary/aromatic N) is 3. The van der Waals surface area contributed by atoms with Gasteiger partial charge in [0.25, 0.3) is 0 Å². The molecule has 3 fully saturated rings. The molecule has 1 aromatic carbocycles. The number of ether oxygens (including phenoxy) is 1. The van der Waals surface area contributed by atoms with E-state index >= 15 is 0 Å². The van der Waals surface area contributed by atoms with E-state index in [0.29, 0.717) is 18.0 Å². The Morgan fingerprint density at radius 2 is 1.83 bits per heavy atom. The minimum atomic E-state index is -0.161. The minimum absolute atomic E-state index is 0.161. The molecule has 2 heterocycles. The molecule has 2 N–H and O–H groups in total. The Morgan fingerprint density at radius 3 is 2.63 bits per heavy atom. The first-order valence-electron chi connectivity index (χ1n) is 11.8. The average Bonchev–Trinajstić information content (AvgIpc) is 2.80. The number of aromatic nitrogens is 2. The van der Waals surface area contributed by atoms with Gasteiger partial charge in [0, 0.05) is 30.6 Å². The van der Waals surface area contributed by atoms with Crippen LogP contribution in [0.25, 0.3) is 10.9 Å². The molecule has 5 rings (SSSR count). The lowest BCUT2D eigenvalue weighted by Crippen LogP contribution is -2.46. The van der Waals surface area contributed by atoms with Gasteiger partial charge in [-0.3, -0.25) is 4.90 Å². The number of rotatable bonds is 4. The highest BCUT2D eigenvalue weighted by Crippen LogP contribution is 2.35. The van der Waals surface area contributed by atoms with Crippen molar-refractivity contribution in [3.05, 3.63) is 30.1 Å². The Bertz CT molecular complexity index is 846. The van der Waals surface area contributed by atoms with E-state index in [2.05, 4.69) is 38.4 Å². The second-order valence-corrected chi connectivity index (χ2v) is 9.31. The number of morpholine rings is 1. The van der Waals surface area contributed by atoms with E-state index in [0.717, 1.165) is 68.7 Å². The molecule has 2 aromatic rings. The third-order valence-corrected chi connectivity index (χ3v) is 7.38. The second-order valence-electron chi connectivity index (χ2n) is 9.31. The third-order valence-electron chi connectivity index (χ3n) is 7.38. The fourth-order valence-electron chi connectivity index (χ4n) is 5.63. The van der Waals surface area contributed by atoms with Crippen molar-refractivity contribution >= 4 is 16.7 Å². The molecule has 1 saturated heterocycles. The molecule has 2 aliphatic carbocycles. The van der Waals surface area contributed by atoms with Crippen molar-refractivity contribution in [2.75, 3.05) is 31.6 Å². The van der Waals surface area contributed by atoms with Crippen LogP contribution >= 0.6 is 0 Å². The Labute approximate surface area is 179 Å². The molecule has 3 aliphatic rings. The topological polar surface area (TPSA) is 70.5 Å². The molecular weight excluding hydrogens is 376 g/mol. The summed E-state index contributed by atoms with van der Waals surface area (Å²) in [5, 5.41) is 15.0. The van der Waals surface area contributed by atoms with Crippen LogP contribution < -0.4 is 5.32 Å². The third kappa shape index (κ3) is 4.46. The van der Waals surface area contributed by atoms with Crippen LogP contribution in [0.1, 0.15) is 62.8 Å². The summed E-state index contributed by atoms with van der Waals surface area (Å²) in [5.74, 6) is 1.41. The van der Waals surface area contributed by atoms with Gasteiger partial charge in [0.15, 0.2) is 0 Å². The molecular formula is C24H34N4O2. The summed E-state index contributed by atoms with van der Waals surface area (Å²) >= 11 is 0. The van der Waals surface area contributed by atoms with Gasteiger partial charge in [-0.1, -0.05) is 12.5 Å². The van der Waals surface area contributed by atoms with Crippen LogP contribution in [0.2, 0.25) is 0 Å². The monoisotopic (exact) mass is 410 g/mol. The predicted octanol–water partition coefficient (Wildman–Crippen LogP) is 3.70. The van der Waals surface area contributed by atoms with Gasteiger partial charge in [-0.05, 0) is 68.6 Å². The van der Waals surface area contributed by atoms with Gasteiger partial charge in [0.2, 0.25) is 0 Å². The SMILES string of the molecule is OC1CCCC(c2ccc3ncnc(N[C@H]4CC[C@H](N5CCOCC5)CC4)c3c2)C1. The molecule has 0 radical (unpaired) electrons. The fraction of sp³-hybridized carbons (Fsp3) is 0.667. The molecule has 1 aromatic heterocycles. The Hall–Kier alpha value is -1.76. The first-order chi connectivity index (χ1) is 14.8. The number of fused-ring (bicyclic) bond motifs is 1. The summed E-state index contributed by atoms with van der Waals surface area (Å²) < 4.78 is 5.51. The summed E-state index contributed by atoms with van der Waals surface area (Å²) in [6.45, 7) is 3.92. The first kappa shape index (κ1) is 20.2. The summed E-state index contributed by atoms with van der Waals surface area (Å²) in [4.78, 5) is 11.7. The Morgan fingerprint density at radius 1 is 1.00 bits per heavy atom. The number of hydrogen-bond acceptors (Lipinski definition) is 6. The van der Waals surface area contributed by atoms with E-state index in [1.54, 1.807) is 6.33 Å². The average molecular weight is 411 g/mol. The standard InChI is InChI=1S/C24H34N4O2/c29-21-3-1-2-17(14-21)18-4-9-23-22(15-18)24(26-16-25-23)27-19-5-7-20(8-6-19)28-10-12-30-13-11-28/h4,9,15-17,19-21,29H,1-3,5-8,10-14H2,(H,25,26,27)/t17?,19-,20-,21?. The fourth-order valence-corrected chi connectivity index (χ4v) is 5.63. The van der Waals surface area contributed by atoms with Gasteiger partial charge in [-0.15, -0.1) is 0 Å². The van der Waals surface area contributed by atoms with E-state index in [1.807, 2.05) is 0 Å². The predicted molar refractivity (Wildman–Crippen MR) is 119 cm³/mol. The Balaban J connectivity index is 1.28. The number of anilines is 1. The number of aliphatic hydroxyl groups is 1. The second kappa shape index (κ2) is 9.16. The van der Waals surface area contributed by atoms with Crippen molar-refractivity contribution < 1.29 is 9.84 Å². The van der Waals surface area contributed by atoms with Crippen LogP contribution in [-0.4, -0.2) is 64.5 Å². The van der Waals surface area contributed by atoms with Crippen LogP contribution in [0.5, 0.6) is 0 Å². The zero-order valence-corrected chi connectivity index (χ0v) is 17.8. The lowest BCUT2D eigenvalue weighted by Gasteiger charge is -2.39. The zero-order valence-electron chi connectivity index (χ0n) is 17.8. The van der Waals surface area contributed by atoms with E-state index in [1.165, 1.54) is 31.2 Å². The van der Waals surface area contributed by atoms with Crippen LogP contribution in [0.4, 0.5) is 5.82 Å². The summed E-state index contributed by atoms with van der Waals surface area (Å²) in [7, 11) is 0. The van der Waals surface area contributed by atoms with Crippen molar-refractivity contribution in [2.24, 2.45) is 0 Å². The molecule has 6 nitrogen and oxygen atoms in total. The highest BCUT2D eigenvalue weighted by atomic mass is 16.5. The highest BCUT2D eigenvalue weighted by molar-refractivity contribution is 5.89. The number of benzene rings is 1. The van der Waals surface area contributed by atoms with Crippen LogP contribution in [0.3, 0.4) is 0 Å². The molecule has 0 spiro atoms. The molecule has 2 atom stereocenters. The van der Waals surface area contributed by atoms with Crippen LogP contribution in [-0.2, 0) is 4.74 Å². The molecule has 2 saturated carbocycles. The smallest absolute Gasteiger partial charge is 0.137 e. The maximum atomic E-state index is 10.1. The van der Waals surface area contributed by atoms with E-state index in [-0.39, 0.29) is 6.10 Å². The van der Waals surface area contributed by atoms with E-state index in [4.69, 9.17) is 4.74 Å². The minimum Gasteiger partial charge on any atom is -0.393 e. The lowest BCUT2D eigenvalue weighted by atomic mass is 9.82. The molecule has 2 unspecified atom stereocenters. The molecule has 0 bridgehead atoms. The first-order valence-corrected chi connectivity index (χ1v) is 11.8. The van der Waals surface area contributed by atoms with Crippen molar-refractivity contribution in [2.45, 2.75) is 75.5 Å². The van der Waals surface area contributed by atoms with Gasteiger partial charge in [0.1, 0.15) is 12.1 Å². The highest BCUT2D eigenvalue weighted by Gasteiger charge is 2.27. The van der Waals surface area contributed by atoms with E-state index < -0.39 is 0 Å². The molecule has 0 amide bonds. The molecule has 6 heteroatoms. The molecule has 1 aliphatic heterocycles. The number of nitrogens with one attached hydrogen (secondary N) is 1. The number of aliphatic hydroxyl groups excluding tert-OH is 1. The quantitative estimate of drug-likeness (QED) is 0.801. The normalized spacial score (nSPS) is 31.0. The maximum absolute atomic E-state index is 10.1. The van der Waals surface area contributed by atoms with Crippen LogP contribution in [0, 0.1) is 0 Å². The zero-order chi connectivity index (χ0) is 20.3. The van der Waals surface area contributed by atoms with Crippen molar-refractivity contribution in [3.8, 4) is 0 Å². The lowest BCUT2D eigenvalue weighted by molar-refractivity contribution is 0.00791.